The summed E-state index contributed by atoms with van der Waals surface area (Å²) >= 11 is 0. The number of fused-ring (bicyclic) bond motifs is 1. The lowest BCUT2D eigenvalue weighted by Crippen LogP contribution is -2.44. The Morgan fingerprint density at radius 1 is 1.03 bits per heavy atom. The molecule has 0 spiro atoms. The second-order valence-corrected chi connectivity index (χ2v) is 9.36. The number of hydrogen-bond acceptors (Lipinski definition) is 7. The Labute approximate surface area is 208 Å². The number of benzene rings is 1. The van der Waals surface area contributed by atoms with Crippen LogP contribution in [0.3, 0.4) is 0 Å². The highest BCUT2D eigenvalue weighted by Gasteiger charge is 2.31. The van der Waals surface area contributed by atoms with Crippen molar-refractivity contribution in [1.29, 1.82) is 0 Å². The zero-order chi connectivity index (χ0) is 24.5. The van der Waals surface area contributed by atoms with Crippen molar-refractivity contribution < 1.29 is 8.78 Å². The van der Waals surface area contributed by atoms with Crippen molar-refractivity contribution in [2.24, 2.45) is 0 Å². The lowest BCUT2D eigenvalue weighted by Gasteiger charge is -2.30. The molecule has 0 atom stereocenters. The van der Waals surface area contributed by atoms with E-state index in [-0.39, 0.29) is 5.56 Å². The number of aromatic nitrogens is 4. The van der Waals surface area contributed by atoms with Crippen LogP contribution in [0.5, 0.6) is 0 Å². The van der Waals surface area contributed by atoms with Crippen LogP contribution >= 0.6 is 0 Å². The summed E-state index contributed by atoms with van der Waals surface area (Å²) in [5.74, 6) is -0.715. The van der Waals surface area contributed by atoms with E-state index in [1.807, 2.05) is 6.20 Å². The number of rotatable bonds is 7. The summed E-state index contributed by atoms with van der Waals surface area (Å²) in [6, 6.07) is 11.3. The molecule has 2 aliphatic rings. The van der Waals surface area contributed by atoms with E-state index < -0.39 is 12.5 Å². The third-order valence-electron chi connectivity index (χ3n) is 6.76. The van der Waals surface area contributed by atoms with Crippen molar-refractivity contribution in [2.45, 2.75) is 24.7 Å². The lowest BCUT2D eigenvalue weighted by molar-refractivity contribution is 0.0105. The molecule has 4 aromatic rings. The molecule has 2 fully saturated rings. The van der Waals surface area contributed by atoms with Gasteiger partial charge in [-0.05, 0) is 36.5 Å². The second kappa shape index (κ2) is 9.39. The fourth-order valence-corrected chi connectivity index (χ4v) is 4.68. The van der Waals surface area contributed by atoms with Crippen LogP contribution in [0.1, 0.15) is 29.9 Å². The summed E-state index contributed by atoms with van der Waals surface area (Å²) < 4.78 is 29.3. The minimum Gasteiger partial charge on any atom is -0.364 e. The first kappa shape index (κ1) is 22.7. The number of halogens is 2. The summed E-state index contributed by atoms with van der Waals surface area (Å²) in [4.78, 5) is 20.9. The lowest BCUT2D eigenvalue weighted by atomic mass is 10.1. The van der Waals surface area contributed by atoms with Crippen LogP contribution in [0, 0.1) is 0 Å². The van der Waals surface area contributed by atoms with E-state index >= 15 is 0 Å². The standard InChI is InChI=1S/C27H27F2N7/c28-27(29,20-4-2-1-3-5-20)17-33-23-14-19(8-9-32-23)25-34-22-16-31-15-21(18-6-7-18)24(22)26(35-25)36-12-10-30-11-13-36/h1-5,8-9,14-16,18,30H,6-7,10-13,17H2,(H,32,33). The predicted octanol–water partition coefficient (Wildman–Crippen LogP) is 4.58. The number of hydrogen-bond donors (Lipinski definition) is 2. The summed E-state index contributed by atoms with van der Waals surface area (Å²) in [5, 5.41) is 7.27. The Hall–Kier alpha value is -3.72. The van der Waals surface area contributed by atoms with E-state index in [4.69, 9.17) is 9.97 Å². The minimum atomic E-state index is -3.03. The Morgan fingerprint density at radius 2 is 1.83 bits per heavy atom. The van der Waals surface area contributed by atoms with Crippen molar-refractivity contribution in [2.75, 3.05) is 42.9 Å². The molecule has 184 valence electrons. The van der Waals surface area contributed by atoms with Crippen molar-refractivity contribution in [3.8, 4) is 11.4 Å². The molecule has 7 nitrogen and oxygen atoms in total. The Balaban J connectivity index is 1.34. The van der Waals surface area contributed by atoms with Crippen LogP contribution in [-0.4, -0.2) is 52.7 Å². The maximum absolute atomic E-state index is 14.7. The zero-order valence-electron chi connectivity index (χ0n) is 19.8. The van der Waals surface area contributed by atoms with Crippen LogP contribution in [0.2, 0.25) is 0 Å². The van der Waals surface area contributed by atoms with Crippen LogP contribution in [0.15, 0.2) is 61.1 Å². The number of anilines is 2. The Kier molecular flexibility index (Phi) is 5.92. The Bertz CT molecular complexity index is 1370. The van der Waals surface area contributed by atoms with E-state index in [1.165, 1.54) is 17.7 Å². The van der Waals surface area contributed by atoms with Crippen molar-refractivity contribution in [3.05, 3.63) is 72.2 Å². The second-order valence-electron chi connectivity index (χ2n) is 9.36. The molecule has 4 heterocycles. The van der Waals surface area contributed by atoms with E-state index in [2.05, 4.69) is 25.5 Å². The number of piperazine rings is 1. The molecule has 1 aliphatic carbocycles. The van der Waals surface area contributed by atoms with Gasteiger partial charge in [0.1, 0.15) is 11.6 Å². The third-order valence-corrected chi connectivity index (χ3v) is 6.76. The monoisotopic (exact) mass is 487 g/mol. The largest absolute Gasteiger partial charge is 0.364 e. The highest BCUT2D eigenvalue weighted by molar-refractivity contribution is 5.94. The summed E-state index contributed by atoms with van der Waals surface area (Å²) in [6.07, 6.45) is 7.66. The molecular weight excluding hydrogens is 460 g/mol. The highest BCUT2D eigenvalue weighted by atomic mass is 19.3. The summed E-state index contributed by atoms with van der Waals surface area (Å²) in [5.41, 5.74) is 2.70. The van der Waals surface area contributed by atoms with Gasteiger partial charge in [-0.2, -0.15) is 8.78 Å². The van der Waals surface area contributed by atoms with Crippen LogP contribution in [-0.2, 0) is 5.92 Å². The number of nitrogens with zero attached hydrogens (tertiary/aromatic N) is 5. The maximum atomic E-state index is 14.7. The van der Waals surface area contributed by atoms with Crippen LogP contribution < -0.4 is 15.5 Å². The molecule has 0 bridgehead atoms. The topological polar surface area (TPSA) is 78.9 Å². The van der Waals surface area contributed by atoms with E-state index in [0.29, 0.717) is 23.1 Å². The third kappa shape index (κ3) is 4.58. The van der Waals surface area contributed by atoms with Gasteiger partial charge in [0.15, 0.2) is 5.82 Å². The molecule has 0 radical (unpaired) electrons. The van der Waals surface area contributed by atoms with Gasteiger partial charge in [0, 0.05) is 55.1 Å². The maximum Gasteiger partial charge on any atom is 0.290 e. The van der Waals surface area contributed by atoms with Crippen molar-refractivity contribution >= 4 is 22.5 Å². The number of alkyl halides is 2. The van der Waals surface area contributed by atoms with Gasteiger partial charge in [-0.1, -0.05) is 30.3 Å². The molecule has 1 aliphatic heterocycles. The molecule has 36 heavy (non-hydrogen) atoms. The molecule has 0 unspecified atom stereocenters. The van der Waals surface area contributed by atoms with Gasteiger partial charge in [0.05, 0.1) is 18.3 Å². The van der Waals surface area contributed by atoms with Crippen molar-refractivity contribution in [3.63, 3.8) is 0 Å². The molecule has 0 amide bonds. The molecule has 2 N–H and O–H groups in total. The van der Waals surface area contributed by atoms with Gasteiger partial charge in [-0.3, -0.25) is 4.98 Å². The fourth-order valence-electron chi connectivity index (χ4n) is 4.68. The molecule has 1 saturated heterocycles. The quantitative estimate of drug-likeness (QED) is 0.395. The van der Waals surface area contributed by atoms with Gasteiger partial charge in [-0.15, -0.1) is 0 Å². The minimum absolute atomic E-state index is 0.0360. The highest BCUT2D eigenvalue weighted by Crippen LogP contribution is 2.44. The molecule has 1 saturated carbocycles. The molecule has 6 rings (SSSR count). The normalized spacial score (nSPS) is 16.3. The van der Waals surface area contributed by atoms with E-state index in [9.17, 15) is 8.78 Å². The summed E-state index contributed by atoms with van der Waals surface area (Å²) in [7, 11) is 0. The van der Waals surface area contributed by atoms with Gasteiger partial charge in [-0.25, -0.2) is 15.0 Å². The molecule has 1 aromatic carbocycles. The van der Waals surface area contributed by atoms with E-state index in [1.54, 1.807) is 42.7 Å². The number of pyridine rings is 2. The predicted molar refractivity (Wildman–Crippen MR) is 136 cm³/mol. The smallest absolute Gasteiger partial charge is 0.290 e. The zero-order valence-corrected chi connectivity index (χ0v) is 19.8. The summed E-state index contributed by atoms with van der Waals surface area (Å²) in [6.45, 7) is 2.94. The van der Waals surface area contributed by atoms with Crippen LogP contribution in [0.25, 0.3) is 22.3 Å². The van der Waals surface area contributed by atoms with Gasteiger partial charge >= 0.3 is 0 Å². The van der Waals surface area contributed by atoms with Crippen LogP contribution in [0.4, 0.5) is 20.4 Å². The molecule has 3 aromatic heterocycles. The average molecular weight is 488 g/mol. The van der Waals surface area contributed by atoms with Crippen molar-refractivity contribution in [1.82, 2.24) is 25.3 Å². The molecule has 9 heteroatoms. The average Bonchev–Trinajstić information content (AvgIpc) is 3.78. The van der Waals surface area contributed by atoms with E-state index in [0.717, 1.165) is 55.7 Å². The SMILES string of the molecule is FC(F)(CNc1cc(-c2nc(N3CCNCC3)c3c(C4CC4)cncc3n2)ccn1)c1ccccc1. The fraction of sp³-hybridized carbons (Fsp3) is 0.333. The Morgan fingerprint density at radius 3 is 2.61 bits per heavy atom. The van der Waals surface area contributed by atoms with Gasteiger partial charge in [0.25, 0.3) is 5.92 Å². The first-order valence-electron chi connectivity index (χ1n) is 12.3. The number of nitrogens with one attached hydrogen (secondary N) is 2. The van der Waals surface area contributed by atoms with Gasteiger partial charge < -0.3 is 15.5 Å². The first-order valence-corrected chi connectivity index (χ1v) is 12.3. The first-order chi connectivity index (χ1) is 17.6. The van der Waals surface area contributed by atoms with Gasteiger partial charge in [0.2, 0.25) is 0 Å². The molecular formula is C27H27F2N7.